The van der Waals surface area contributed by atoms with Crippen LogP contribution in [-0.4, -0.2) is 43.0 Å². The van der Waals surface area contributed by atoms with Crippen LogP contribution in [-0.2, 0) is 9.47 Å². The highest BCUT2D eigenvalue weighted by Gasteiger charge is 2.28. The van der Waals surface area contributed by atoms with E-state index in [0.717, 1.165) is 5.56 Å². The predicted octanol–water partition coefficient (Wildman–Crippen LogP) is 1.62. The number of amides is 1. The van der Waals surface area contributed by atoms with Crippen LogP contribution in [0, 0.1) is 6.92 Å². The van der Waals surface area contributed by atoms with Crippen LogP contribution in [0.5, 0.6) is 5.75 Å². The summed E-state index contributed by atoms with van der Waals surface area (Å²) >= 11 is 0. The summed E-state index contributed by atoms with van der Waals surface area (Å²) in [7, 11) is 0. The molecule has 20 heavy (non-hydrogen) atoms. The van der Waals surface area contributed by atoms with E-state index in [0.29, 0.717) is 26.2 Å². The quantitative estimate of drug-likeness (QED) is 0.879. The van der Waals surface area contributed by atoms with Gasteiger partial charge in [-0.15, -0.1) is 0 Å². The van der Waals surface area contributed by atoms with Crippen LogP contribution in [0.1, 0.15) is 29.3 Å². The Hall–Kier alpha value is -1.59. The number of aryl methyl sites for hydroxylation is 1. The number of phenols is 1. The number of ether oxygens (including phenoxy) is 2. The van der Waals surface area contributed by atoms with Crippen LogP contribution in [0.4, 0.5) is 0 Å². The van der Waals surface area contributed by atoms with Gasteiger partial charge in [0.2, 0.25) is 0 Å². The number of carbonyl (C=O) groups is 1. The Morgan fingerprint density at radius 2 is 2.35 bits per heavy atom. The van der Waals surface area contributed by atoms with Crippen molar-refractivity contribution in [2.45, 2.75) is 32.4 Å². The maximum absolute atomic E-state index is 12.2. The van der Waals surface area contributed by atoms with E-state index >= 15 is 0 Å². The summed E-state index contributed by atoms with van der Waals surface area (Å²) in [5, 5.41) is 12.8. The second kappa shape index (κ2) is 6.72. The minimum Gasteiger partial charge on any atom is -0.507 e. The Kier molecular flexibility index (Phi) is 4.98. The first-order valence-electron chi connectivity index (χ1n) is 6.91. The van der Waals surface area contributed by atoms with E-state index in [1.165, 1.54) is 0 Å². The second-order valence-electron chi connectivity index (χ2n) is 4.96. The van der Waals surface area contributed by atoms with Crippen LogP contribution in [0.3, 0.4) is 0 Å². The van der Waals surface area contributed by atoms with Crippen molar-refractivity contribution in [3.8, 4) is 5.75 Å². The van der Waals surface area contributed by atoms with Gasteiger partial charge < -0.3 is 19.9 Å². The molecule has 1 aromatic carbocycles. The third-order valence-corrected chi connectivity index (χ3v) is 3.40. The van der Waals surface area contributed by atoms with E-state index in [4.69, 9.17) is 9.47 Å². The summed E-state index contributed by atoms with van der Waals surface area (Å²) in [6.07, 6.45) is 0.577. The van der Waals surface area contributed by atoms with Crippen molar-refractivity contribution in [2.24, 2.45) is 0 Å². The van der Waals surface area contributed by atoms with E-state index in [-0.39, 0.29) is 29.4 Å². The van der Waals surface area contributed by atoms with Crippen LogP contribution >= 0.6 is 0 Å². The molecule has 0 unspecified atom stereocenters. The standard InChI is InChI=1S/C15H21NO4/c1-3-20-14-9-19-7-6-12(14)16-15(18)11-5-4-10(2)8-13(11)17/h4-5,8,12,14,17H,3,6-7,9H2,1-2H3,(H,16,18)/t12-,14-/m1/s1. The van der Waals surface area contributed by atoms with Gasteiger partial charge in [0.05, 0.1) is 18.2 Å². The van der Waals surface area contributed by atoms with Gasteiger partial charge in [-0.1, -0.05) is 6.07 Å². The molecule has 2 rings (SSSR count). The van der Waals surface area contributed by atoms with E-state index in [1.54, 1.807) is 18.2 Å². The van der Waals surface area contributed by atoms with Gasteiger partial charge in [-0.3, -0.25) is 4.79 Å². The van der Waals surface area contributed by atoms with Crippen LogP contribution < -0.4 is 5.32 Å². The van der Waals surface area contributed by atoms with Gasteiger partial charge in [0.1, 0.15) is 11.9 Å². The maximum Gasteiger partial charge on any atom is 0.255 e. The highest BCUT2D eigenvalue weighted by molar-refractivity contribution is 5.97. The lowest BCUT2D eigenvalue weighted by molar-refractivity contribution is -0.0632. The highest BCUT2D eigenvalue weighted by Crippen LogP contribution is 2.19. The Morgan fingerprint density at radius 3 is 3.05 bits per heavy atom. The van der Waals surface area contributed by atoms with E-state index < -0.39 is 0 Å². The molecule has 1 aromatic rings. The Balaban J connectivity index is 2.05. The summed E-state index contributed by atoms with van der Waals surface area (Å²) in [5.41, 5.74) is 1.20. The molecule has 1 aliphatic rings. The molecule has 1 aliphatic heterocycles. The molecule has 2 N–H and O–H groups in total. The Labute approximate surface area is 118 Å². The molecule has 0 radical (unpaired) electrons. The molecule has 1 amide bonds. The number of hydrogen-bond acceptors (Lipinski definition) is 4. The molecule has 5 heteroatoms. The van der Waals surface area contributed by atoms with Crippen molar-refractivity contribution in [1.82, 2.24) is 5.32 Å². The molecule has 110 valence electrons. The number of nitrogens with one attached hydrogen (secondary N) is 1. The molecule has 0 spiro atoms. The Bertz CT molecular complexity index is 473. The number of benzene rings is 1. The SMILES string of the molecule is CCO[C@@H]1COCC[C@H]1NC(=O)c1ccc(C)cc1O. The lowest BCUT2D eigenvalue weighted by Crippen LogP contribution is -2.50. The molecular weight excluding hydrogens is 258 g/mol. The van der Waals surface area contributed by atoms with Crippen molar-refractivity contribution >= 4 is 5.91 Å². The second-order valence-corrected chi connectivity index (χ2v) is 4.96. The normalized spacial score (nSPS) is 22.5. The average molecular weight is 279 g/mol. The fourth-order valence-electron chi connectivity index (χ4n) is 2.34. The number of hydrogen-bond donors (Lipinski definition) is 2. The summed E-state index contributed by atoms with van der Waals surface area (Å²) in [5.74, 6) is -0.276. The fraction of sp³-hybridized carbons (Fsp3) is 0.533. The zero-order chi connectivity index (χ0) is 14.5. The van der Waals surface area contributed by atoms with E-state index in [9.17, 15) is 9.90 Å². The molecule has 1 saturated heterocycles. The topological polar surface area (TPSA) is 67.8 Å². The summed E-state index contributed by atoms with van der Waals surface area (Å²) in [6, 6.07) is 4.93. The molecular formula is C15H21NO4. The molecule has 0 saturated carbocycles. The number of aromatic hydroxyl groups is 1. The monoisotopic (exact) mass is 279 g/mol. The van der Waals surface area contributed by atoms with Crippen LogP contribution in [0.25, 0.3) is 0 Å². The summed E-state index contributed by atoms with van der Waals surface area (Å²) in [4.78, 5) is 12.2. The number of carbonyl (C=O) groups excluding carboxylic acids is 1. The molecule has 5 nitrogen and oxygen atoms in total. The first kappa shape index (κ1) is 14.8. The van der Waals surface area contributed by atoms with Crippen molar-refractivity contribution in [2.75, 3.05) is 19.8 Å². The van der Waals surface area contributed by atoms with Crippen molar-refractivity contribution in [3.05, 3.63) is 29.3 Å². The van der Waals surface area contributed by atoms with Crippen molar-refractivity contribution < 1.29 is 19.4 Å². The molecule has 0 aromatic heterocycles. The summed E-state index contributed by atoms with van der Waals surface area (Å²) < 4.78 is 10.9. The van der Waals surface area contributed by atoms with Gasteiger partial charge in [-0.2, -0.15) is 0 Å². The van der Waals surface area contributed by atoms with Gasteiger partial charge in [-0.25, -0.2) is 0 Å². The van der Waals surface area contributed by atoms with Crippen molar-refractivity contribution in [1.29, 1.82) is 0 Å². The van der Waals surface area contributed by atoms with Crippen molar-refractivity contribution in [3.63, 3.8) is 0 Å². The number of rotatable bonds is 4. The van der Waals surface area contributed by atoms with E-state index in [1.807, 2.05) is 13.8 Å². The smallest absolute Gasteiger partial charge is 0.255 e. The van der Waals surface area contributed by atoms with Gasteiger partial charge in [0.25, 0.3) is 5.91 Å². The zero-order valence-electron chi connectivity index (χ0n) is 11.9. The zero-order valence-corrected chi connectivity index (χ0v) is 11.9. The maximum atomic E-state index is 12.2. The predicted molar refractivity (Wildman–Crippen MR) is 74.9 cm³/mol. The fourth-order valence-corrected chi connectivity index (χ4v) is 2.34. The summed E-state index contributed by atoms with van der Waals surface area (Å²) in [6.45, 7) is 5.45. The van der Waals surface area contributed by atoms with Crippen LogP contribution in [0.15, 0.2) is 18.2 Å². The third-order valence-electron chi connectivity index (χ3n) is 3.40. The largest absolute Gasteiger partial charge is 0.507 e. The highest BCUT2D eigenvalue weighted by atomic mass is 16.5. The van der Waals surface area contributed by atoms with Crippen LogP contribution in [0.2, 0.25) is 0 Å². The lowest BCUT2D eigenvalue weighted by Gasteiger charge is -2.31. The molecule has 0 aliphatic carbocycles. The third kappa shape index (κ3) is 3.49. The first-order valence-corrected chi connectivity index (χ1v) is 6.91. The average Bonchev–Trinajstić information content (AvgIpc) is 2.41. The Morgan fingerprint density at radius 1 is 1.55 bits per heavy atom. The van der Waals surface area contributed by atoms with Gasteiger partial charge in [0.15, 0.2) is 0 Å². The minimum atomic E-state index is -0.279. The lowest BCUT2D eigenvalue weighted by atomic mass is 10.0. The molecule has 1 fully saturated rings. The first-order chi connectivity index (χ1) is 9.61. The minimum absolute atomic E-state index is 0.00233. The molecule has 0 bridgehead atoms. The van der Waals surface area contributed by atoms with Gasteiger partial charge in [0, 0.05) is 13.2 Å². The number of phenolic OH excluding ortho intramolecular Hbond substituents is 1. The van der Waals surface area contributed by atoms with E-state index in [2.05, 4.69) is 5.32 Å². The van der Waals surface area contributed by atoms with Gasteiger partial charge >= 0.3 is 0 Å². The van der Waals surface area contributed by atoms with Gasteiger partial charge in [-0.05, 0) is 38.0 Å². The molecule has 1 heterocycles. The molecule has 2 atom stereocenters.